The second-order valence-electron chi connectivity index (χ2n) is 6.68. The fraction of sp³-hybridized carbons (Fsp3) is 0.238. The molecule has 26 heavy (non-hydrogen) atoms. The summed E-state index contributed by atoms with van der Waals surface area (Å²) in [7, 11) is 4.05. The molecule has 3 aromatic rings. The molecule has 0 atom stereocenters. The van der Waals surface area contributed by atoms with Gasteiger partial charge < -0.3 is 15.5 Å². The van der Waals surface area contributed by atoms with Gasteiger partial charge in [-0.2, -0.15) is 4.98 Å². The van der Waals surface area contributed by atoms with Crippen molar-refractivity contribution < 1.29 is 0 Å². The minimum atomic E-state index is 0.580. The van der Waals surface area contributed by atoms with E-state index >= 15 is 0 Å². The summed E-state index contributed by atoms with van der Waals surface area (Å²) in [6.45, 7) is 6.15. The van der Waals surface area contributed by atoms with E-state index < -0.39 is 0 Å². The Kier molecular flexibility index (Phi) is 5.07. The van der Waals surface area contributed by atoms with Gasteiger partial charge in [0.1, 0.15) is 5.82 Å². The first-order valence-corrected chi connectivity index (χ1v) is 8.66. The van der Waals surface area contributed by atoms with E-state index in [1.165, 1.54) is 11.1 Å². The number of hydrogen-bond acceptors (Lipinski definition) is 5. The van der Waals surface area contributed by atoms with Crippen molar-refractivity contribution in [2.45, 2.75) is 20.8 Å². The highest BCUT2D eigenvalue weighted by molar-refractivity contribution is 5.66. The van der Waals surface area contributed by atoms with Gasteiger partial charge in [-0.3, -0.25) is 0 Å². The monoisotopic (exact) mass is 347 g/mol. The molecule has 2 aromatic carbocycles. The van der Waals surface area contributed by atoms with Gasteiger partial charge in [-0.05, 0) is 56.2 Å². The summed E-state index contributed by atoms with van der Waals surface area (Å²) in [6, 6.07) is 16.4. The van der Waals surface area contributed by atoms with Crippen molar-refractivity contribution in [3.63, 3.8) is 0 Å². The molecule has 2 N–H and O–H groups in total. The van der Waals surface area contributed by atoms with Gasteiger partial charge in [-0.1, -0.05) is 18.2 Å². The van der Waals surface area contributed by atoms with Crippen LogP contribution in [0.4, 0.5) is 28.8 Å². The van der Waals surface area contributed by atoms with Gasteiger partial charge in [-0.25, -0.2) is 4.98 Å². The zero-order valence-corrected chi connectivity index (χ0v) is 16.0. The number of para-hydroxylation sites is 1. The minimum absolute atomic E-state index is 0.580. The van der Waals surface area contributed by atoms with Crippen molar-refractivity contribution >= 4 is 28.8 Å². The summed E-state index contributed by atoms with van der Waals surface area (Å²) in [5, 5.41) is 6.72. The number of aromatic nitrogens is 2. The number of aryl methyl sites for hydroxylation is 3. The van der Waals surface area contributed by atoms with Gasteiger partial charge in [0, 0.05) is 42.9 Å². The average Bonchev–Trinajstić information content (AvgIpc) is 2.58. The topological polar surface area (TPSA) is 53.1 Å². The number of nitrogens with zero attached hydrogens (tertiary/aromatic N) is 3. The Bertz CT molecular complexity index is 881. The lowest BCUT2D eigenvalue weighted by atomic mass is 10.1. The van der Waals surface area contributed by atoms with Gasteiger partial charge in [0.05, 0.1) is 0 Å². The Labute approximate surface area is 155 Å². The second kappa shape index (κ2) is 7.44. The summed E-state index contributed by atoms with van der Waals surface area (Å²) >= 11 is 0. The highest BCUT2D eigenvalue weighted by Crippen LogP contribution is 2.25. The highest BCUT2D eigenvalue weighted by atomic mass is 15.1. The molecule has 1 heterocycles. The maximum absolute atomic E-state index is 4.62. The molecule has 0 bridgehead atoms. The third-order valence-electron chi connectivity index (χ3n) is 4.23. The molecule has 0 amide bonds. The average molecular weight is 347 g/mol. The van der Waals surface area contributed by atoms with Crippen LogP contribution in [0, 0.1) is 20.8 Å². The van der Waals surface area contributed by atoms with Crippen molar-refractivity contribution in [1.82, 2.24) is 9.97 Å². The Hall–Kier alpha value is -3.08. The molecular formula is C21H25N5. The first kappa shape index (κ1) is 17.7. The van der Waals surface area contributed by atoms with Crippen LogP contribution in [-0.2, 0) is 0 Å². The smallest absolute Gasteiger partial charge is 0.229 e. The van der Waals surface area contributed by atoms with Crippen LogP contribution in [0.2, 0.25) is 0 Å². The summed E-state index contributed by atoms with van der Waals surface area (Å²) in [5.41, 5.74) is 6.48. The SMILES string of the molecule is Cc1cc(Nc2c(C)cccc2C)nc(Nc2ccc(N(C)C)cc2)n1. The van der Waals surface area contributed by atoms with E-state index in [4.69, 9.17) is 0 Å². The molecule has 0 saturated heterocycles. The number of anilines is 5. The summed E-state index contributed by atoms with van der Waals surface area (Å²) in [5.74, 6) is 1.36. The van der Waals surface area contributed by atoms with Crippen LogP contribution in [0.5, 0.6) is 0 Å². The second-order valence-corrected chi connectivity index (χ2v) is 6.68. The molecule has 0 radical (unpaired) electrons. The molecule has 0 spiro atoms. The Morgan fingerprint density at radius 2 is 1.46 bits per heavy atom. The Morgan fingerprint density at radius 1 is 0.808 bits per heavy atom. The van der Waals surface area contributed by atoms with E-state index in [2.05, 4.69) is 69.7 Å². The van der Waals surface area contributed by atoms with E-state index in [0.29, 0.717) is 5.95 Å². The molecule has 0 saturated carbocycles. The molecule has 5 nitrogen and oxygen atoms in total. The Balaban J connectivity index is 1.83. The molecule has 0 aliphatic rings. The van der Waals surface area contributed by atoms with Crippen LogP contribution >= 0.6 is 0 Å². The third-order valence-corrected chi connectivity index (χ3v) is 4.23. The fourth-order valence-corrected chi connectivity index (χ4v) is 2.80. The quantitative estimate of drug-likeness (QED) is 0.683. The maximum Gasteiger partial charge on any atom is 0.229 e. The predicted molar refractivity (Wildman–Crippen MR) is 110 cm³/mol. The van der Waals surface area contributed by atoms with E-state index in [-0.39, 0.29) is 0 Å². The molecule has 0 fully saturated rings. The largest absolute Gasteiger partial charge is 0.378 e. The molecule has 134 valence electrons. The van der Waals surface area contributed by atoms with Crippen molar-refractivity contribution in [1.29, 1.82) is 0 Å². The normalized spacial score (nSPS) is 10.5. The molecule has 0 aliphatic heterocycles. The van der Waals surface area contributed by atoms with Gasteiger partial charge in [0.25, 0.3) is 0 Å². The maximum atomic E-state index is 4.62. The lowest BCUT2D eigenvalue weighted by Crippen LogP contribution is -2.08. The van der Waals surface area contributed by atoms with Crippen molar-refractivity contribution in [2.75, 3.05) is 29.6 Å². The highest BCUT2D eigenvalue weighted by Gasteiger charge is 2.07. The lowest BCUT2D eigenvalue weighted by Gasteiger charge is -2.15. The van der Waals surface area contributed by atoms with Crippen LogP contribution in [0.1, 0.15) is 16.8 Å². The minimum Gasteiger partial charge on any atom is -0.378 e. The predicted octanol–water partition coefficient (Wildman–Crippen LogP) is 4.96. The number of nitrogens with one attached hydrogen (secondary N) is 2. The molecule has 0 aliphatic carbocycles. The van der Waals surface area contributed by atoms with Gasteiger partial charge in [-0.15, -0.1) is 0 Å². The molecular weight excluding hydrogens is 322 g/mol. The molecule has 1 aromatic heterocycles. The van der Waals surface area contributed by atoms with Crippen LogP contribution < -0.4 is 15.5 Å². The molecule has 0 unspecified atom stereocenters. The summed E-state index contributed by atoms with van der Waals surface area (Å²) < 4.78 is 0. The van der Waals surface area contributed by atoms with Crippen LogP contribution in [0.25, 0.3) is 0 Å². The first-order valence-electron chi connectivity index (χ1n) is 8.66. The van der Waals surface area contributed by atoms with Gasteiger partial charge >= 0.3 is 0 Å². The van der Waals surface area contributed by atoms with Crippen LogP contribution in [-0.4, -0.2) is 24.1 Å². The van der Waals surface area contributed by atoms with E-state index in [1.807, 2.05) is 39.2 Å². The van der Waals surface area contributed by atoms with E-state index in [1.54, 1.807) is 0 Å². The number of benzene rings is 2. The van der Waals surface area contributed by atoms with Crippen molar-refractivity contribution in [2.24, 2.45) is 0 Å². The molecule has 5 heteroatoms. The standard InChI is InChI=1S/C21H25N5/c1-14-7-6-8-15(2)20(14)24-19-13-16(3)22-21(25-19)23-17-9-11-18(12-10-17)26(4)5/h6-13H,1-5H3,(H2,22,23,24,25). The van der Waals surface area contributed by atoms with Gasteiger partial charge in [0.2, 0.25) is 5.95 Å². The summed E-state index contributed by atoms with van der Waals surface area (Å²) in [4.78, 5) is 11.2. The van der Waals surface area contributed by atoms with E-state index in [9.17, 15) is 0 Å². The Morgan fingerprint density at radius 3 is 2.08 bits per heavy atom. The van der Waals surface area contributed by atoms with Crippen LogP contribution in [0.15, 0.2) is 48.5 Å². The first-order chi connectivity index (χ1) is 12.4. The third kappa shape index (κ3) is 4.11. The zero-order valence-electron chi connectivity index (χ0n) is 16.0. The van der Waals surface area contributed by atoms with Crippen molar-refractivity contribution in [3.8, 4) is 0 Å². The number of rotatable bonds is 5. The number of hydrogen-bond donors (Lipinski definition) is 2. The molecule has 3 rings (SSSR count). The lowest BCUT2D eigenvalue weighted by molar-refractivity contribution is 1.10. The van der Waals surface area contributed by atoms with Gasteiger partial charge in [0.15, 0.2) is 0 Å². The van der Waals surface area contributed by atoms with E-state index in [0.717, 1.165) is 28.6 Å². The van der Waals surface area contributed by atoms with Crippen LogP contribution in [0.3, 0.4) is 0 Å². The zero-order chi connectivity index (χ0) is 18.7. The summed E-state index contributed by atoms with van der Waals surface area (Å²) in [6.07, 6.45) is 0. The fourth-order valence-electron chi connectivity index (χ4n) is 2.80. The van der Waals surface area contributed by atoms with Crippen molar-refractivity contribution in [3.05, 3.63) is 65.4 Å².